The molecule has 0 aliphatic carbocycles. The zero-order valence-electron chi connectivity index (χ0n) is 12.4. The van der Waals surface area contributed by atoms with Crippen LogP contribution >= 0.6 is 15.9 Å². The van der Waals surface area contributed by atoms with E-state index in [1.165, 1.54) is 0 Å². The maximum absolute atomic E-state index is 10.9. The molecule has 0 radical (unpaired) electrons. The van der Waals surface area contributed by atoms with Crippen LogP contribution in [0.15, 0.2) is 16.6 Å². The maximum Gasteiger partial charge on any atom is 0.108 e. The van der Waals surface area contributed by atoms with E-state index in [2.05, 4.69) is 40.0 Å². The van der Waals surface area contributed by atoms with Gasteiger partial charge in [-0.25, -0.2) is 0 Å². The van der Waals surface area contributed by atoms with Crippen LogP contribution in [0.5, 0.6) is 0 Å². The van der Waals surface area contributed by atoms with Crippen molar-refractivity contribution in [3.63, 3.8) is 0 Å². The molecule has 2 N–H and O–H groups in total. The fourth-order valence-electron chi connectivity index (χ4n) is 2.79. The number of benzene rings is 1. The molecule has 2 rings (SSSR count). The molecular formula is C16H21BrN2O. The summed E-state index contributed by atoms with van der Waals surface area (Å²) in [5.74, 6) is 0. The largest absolute Gasteiger partial charge is 0.383 e. The summed E-state index contributed by atoms with van der Waals surface area (Å²) in [4.78, 5) is 0. The second kappa shape index (κ2) is 6.10. The molecule has 20 heavy (non-hydrogen) atoms. The summed E-state index contributed by atoms with van der Waals surface area (Å²) in [6.07, 6.45) is 1.04. The summed E-state index contributed by atoms with van der Waals surface area (Å²) in [5, 5.41) is 18.3. The quantitative estimate of drug-likeness (QED) is 0.886. The van der Waals surface area contributed by atoms with Crippen molar-refractivity contribution in [2.24, 2.45) is 0 Å². The second-order valence-electron chi connectivity index (χ2n) is 5.13. The molecule has 0 spiro atoms. The molecule has 0 saturated carbocycles. The van der Waals surface area contributed by atoms with Crippen molar-refractivity contribution in [2.75, 3.05) is 0 Å². The lowest BCUT2D eigenvalue weighted by Crippen LogP contribution is -2.08. The highest BCUT2D eigenvalue weighted by Gasteiger charge is 2.23. The predicted molar refractivity (Wildman–Crippen MR) is 85.0 cm³/mol. The number of aromatic nitrogens is 2. The summed E-state index contributed by atoms with van der Waals surface area (Å²) in [7, 11) is 0. The Morgan fingerprint density at radius 1 is 1.15 bits per heavy atom. The Kier molecular flexibility index (Phi) is 4.66. The van der Waals surface area contributed by atoms with E-state index in [4.69, 9.17) is 0 Å². The third-order valence-corrected chi connectivity index (χ3v) is 4.21. The van der Waals surface area contributed by atoms with E-state index in [1.807, 2.05) is 26.0 Å². The van der Waals surface area contributed by atoms with E-state index in [0.717, 1.165) is 51.0 Å². The average Bonchev–Trinajstić information content (AvgIpc) is 2.79. The number of H-pyrrole nitrogens is 1. The van der Waals surface area contributed by atoms with E-state index in [9.17, 15) is 5.11 Å². The molecule has 0 amide bonds. The Morgan fingerprint density at radius 3 is 2.25 bits per heavy atom. The van der Waals surface area contributed by atoms with E-state index in [1.54, 1.807) is 0 Å². The van der Waals surface area contributed by atoms with Crippen molar-refractivity contribution in [1.29, 1.82) is 0 Å². The first kappa shape index (κ1) is 15.3. The molecule has 4 heteroatoms. The van der Waals surface area contributed by atoms with Crippen molar-refractivity contribution in [1.82, 2.24) is 10.2 Å². The number of rotatable bonds is 4. The van der Waals surface area contributed by atoms with Crippen LogP contribution in [-0.4, -0.2) is 15.3 Å². The monoisotopic (exact) mass is 336 g/mol. The Hall–Kier alpha value is -1.13. The van der Waals surface area contributed by atoms with Crippen molar-refractivity contribution >= 4 is 15.9 Å². The lowest BCUT2D eigenvalue weighted by Gasteiger charge is -2.18. The summed E-state index contributed by atoms with van der Waals surface area (Å²) in [6, 6.07) is 4.09. The van der Waals surface area contributed by atoms with Gasteiger partial charge >= 0.3 is 0 Å². The van der Waals surface area contributed by atoms with Gasteiger partial charge in [-0.1, -0.05) is 29.8 Å². The van der Waals surface area contributed by atoms with Gasteiger partial charge in [0, 0.05) is 15.7 Å². The number of aromatic amines is 1. The number of hydrogen-bond donors (Lipinski definition) is 2. The highest BCUT2D eigenvalue weighted by atomic mass is 79.9. The maximum atomic E-state index is 10.9. The smallest absolute Gasteiger partial charge is 0.108 e. The third kappa shape index (κ3) is 2.67. The highest BCUT2D eigenvalue weighted by molar-refractivity contribution is 9.10. The first-order valence-corrected chi connectivity index (χ1v) is 7.79. The fraction of sp³-hybridized carbons (Fsp3) is 0.438. The average molecular weight is 337 g/mol. The van der Waals surface area contributed by atoms with Gasteiger partial charge in [-0.05, 0) is 55.5 Å². The van der Waals surface area contributed by atoms with E-state index >= 15 is 0 Å². The molecule has 1 heterocycles. The minimum absolute atomic E-state index is 0.619. The number of hydrogen-bond acceptors (Lipinski definition) is 2. The number of aliphatic hydroxyl groups excluding tert-OH is 1. The highest BCUT2D eigenvalue weighted by Crippen LogP contribution is 2.33. The van der Waals surface area contributed by atoms with Gasteiger partial charge in [0.15, 0.2) is 0 Å². The predicted octanol–water partition coefficient (Wildman–Crippen LogP) is 4.00. The van der Waals surface area contributed by atoms with Crippen LogP contribution in [0.4, 0.5) is 0 Å². The molecule has 0 aliphatic rings. The number of aliphatic hydroxyl groups is 1. The van der Waals surface area contributed by atoms with Crippen LogP contribution in [0, 0.1) is 13.8 Å². The topological polar surface area (TPSA) is 48.9 Å². The molecule has 3 nitrogen and oxygen atoms in total. The van der Waals surface area contributed by atoms with Gasteiger partial charge in [-0.2, -0.15) is 5.10 Å². The van der Waals surface area contributed by atoms with Gasteiger partial charge in [0.2, 0.25) is 0 Å². The van der Waals surface area contributed by atoms with Gasteiger partial charge in [0.25, 0.3) is 0 Å². The van der Waals surface area contributed by atoms with Crippen molar-refractivity contribution in [3.8, 4) is 0 Å². The molecule has 1 unspecified atom stereocenters. The SMILES string of the molecule is CCc1n[nH]c(CC)c1C(O)c1c(C)cc(Br)cc1C. The van der Waals surface area contributed by atoms with E-state index < -0.39 is 6.10 Å². The molecule has 108 valence electrons. The minimum atomic E-state index is -0.619. The van der Waals surface area contributed by atoms with Crippen molar-refractivity contribution in [3.05, 3.63) is 50.2 Å². The summed E-state index contributed by atoms with van der Waals surface area (Å²) >= 11 is 3.50. The van der Waals surface area contributed by atoms with Gasteiger partial charge in [-0.15, -0.1) is 0 Å². The Balaban J connectivity index is 2.57. The lowest BCUT2D eigenvalue weighted by molar-refractivity contribution is 0.216. The summed E-state index contributed by atoms with van der Waals surface area (Å²) in [6.45, 7) is 8.21. The van der Waals surface area contributed by atoms with E-state index in [0.29, 0.717) is 0 Å². The number of nitrogens with one attached hydrogen (secondary N) is 1. The van der Waals surface area contributed by atoms with E-state index in [-0.39, 0.29) is 0 Å². The number of nitrogens with zero attached hydrogens (tertiary/aromatic N) is 1. The van der Waals surface area contributed by atoms with Crippen molar-refractivity contribution < 1.29 is 5.11 Å². The van der Waals surface area contributed by atoms with Crippen LogP contribution in [0.3, 0.4) is 0 Å². The van der Waals surface area contributed by atoms with Crippen LogP contribution in [0.25, 0.3) is 0 Å². The van der Waals surface area contributed by atoms with Crippen LogP contribution < -0.4 is 0 Å². The molecule has 1 aromatic heterocycles. The Morgan fingerprint density at radius 2 is 1.75 bits per heavy atom. The molecule has 1 aromatic carbocycles. The fourth-order valence-corrected chi connectivity index (χ4v) is 3.48. The second-order valence-corrected chi connectivity index (χ2v) is 6.04. The molecule has 1 atom stereocenters. The molecule has 0 aliphatic heterocycles. The van der Waals surface area contributed by atoms with Gasteiger partial charge < -0.3 is 5.11 Å². The Labute approximate surface area is 128 Å². The minimum Gasteiger partial charge on any atom is -0.383 e. The molecule has 0 bridgehead atoms. The standard InChI is InChI=1S/C16H21BrN2O/c1-5-12-15(13(6-2)19-18-12)16(20)14-9(3)7-11(17)8-10(14)4/h7-8,16,20H,5-6H2,1-4H3,(H,18,19). The van der Waals surface area contributed by atoms with Crippen molar-refractivity contribution in [2.45, 2.75) is 46.6 Å². The van der Waals surface area contributed by atoms with Gasteiger partial charge in [-0.3, -0.25) is 5.10 Å². The molecule has 0 fully saturated rings. The number of halogens is 1. The molecule has 0 saturated heterocycles. The van der Waals surface area contributed by atoms with Gasteiger partial charge in [0.1, 0.15) is 6.10 Å². The van der Waals surface area contributed by atoms with Gasteiger partial charge in [0.05, 0.1) is 5.69 Å². The molecular weight excluding hydrogens is 316 g/mol. The zero-order chi connectivity index (χ0) is 14.9. The third-order valence-electron chi connectivity index (χ3n) is 3.76. The molecule has 2 aromatic rings. The first-order valence-electron chi connectivity index (χ1n) is 7.00. The van der Waals surface area contributed by atoms with Crippen LogP contribution in [0.1, 0.15) is 53.6 Å². The number of aryl methyl sites for hydroxylation is 4. The summed E-state index contributed by atoms with van der Waals surface area (Å²) in [5.41, 5.74) is 6.10. The Bertz CT molecular complexity index is 574. The normalized spacial score (nSPS) is 12.7. The lowest BCUT2D eigenvalue weighted by atomic mass is 9.91. The zero-order valence-corrected chi connectivity index (χ0v) is 14.0. The van der Waals surface area contributed by atoms with Crippen LogP contribution in [-0.2, 0) is 12.8 Å². The first-order chi connectivity index (χ1) is 9.49. The summed E-state index contributed by atoms with van der Waals surface area (Å²) < 4.78 is 1.04. The van der Waals surface area contributed by atoms with Crippen LogP contribution in [0.2, 0.25) is 0 Å².